The molecule has 0 spiro atoms. The fourth-order valence-corrected chi connectivity index (χ4v) is 7.11. The van der Waals surface area contributed by atoms with Gasteiger partial charge in [-0.25, -0.2) is 4.79 Å². The van der Waals surface area contributed by atoms with Gasteiger partial charge in [-0.15, -0.1) is 0 Å². The number of anilines is 2. The lowest BCUT2D eigenvalue weighted by atomic mass is 9.78. The number of aryl methyl sites for hydroxylation is 2. The summed E-state index contributed by atoms with van der Waals surface area (Å²) in [6.45, 7) is 9.28. The summed E-state index contributed by atoms with van der Waals surface area (Å²) >= 11 is 0. The normalized spacial score (nSPS) is 21.3. The maximum absolute atomic E-state index is 14.2. The zero-order chi connectivity index (χ0) is 32.1. The second-order valence-corrected chi connectivity index (χ2v) is 12.3. The number of nitrogens with zero attached hydrogens (tertiary/aromatic N) is 1. The van der Waals surface area contributed by atoms with E-state index in [1.165, 1.54) is 24.8 Å². The molecule has 3 unspecified atom stereocenters. The Labute approximate surface area is 272 Å². The minimum absolute atomic E-state index is 0.183. The van der Waals surface area contributed by atoms with E-state index in [0.29, 0.717) is 5.57 Å². The summed E-state index contributed by atoms with van der Waals surface area (Å²) in [5, 5.41) is 6.85. The van der Waals surface area contributed by atoms with Crippen LogP contribution in [0.4, 0.5) is 11.4 Å². The van der Waals surface area contributed by atoms with E-state index in [2.05, 4.69) is 53.6 Å². The average Bonchev–Trinajstić information content (AvgIpc) is 3.67. The number of nitrogens with one attached hydrogen (secondary N) is 2. The first kappa shape index (κ1) is 31.8. The van der Waals surface area contributed by atoms with E-state index in [0.717, 1.165) is 60.5 Å². The van der Waals surface area contributed by atoms with E-state index in [1.54, 1.807) is 6.92 Å². The third-order valence-corrected chi connectivity index (χ3v) is 9.43. The van der Waals surface area contributed by atoms with Gasteiger partial charge in [0.25, 0.3) is 5.91 Å². The molecule has 0 saturated carbocycles. The van der Waals surface area contributed by atoms with Crippen molar-refractivity contribution in [2.24, 2.45) is 0 Å². The Morgan fingerprint density at radius 3 is 2.26 bits per heavy atom. The summed E-state index contributed by atoms with van der Waals surface area (Å²) < 4.78 is 12.4. The van der Waals surface area contributed by atoms with Crippen molar-refractivity contribution in [2.45, 2.75) is 77.2 Å². The molecule has 6 rings (SSSR count). The first-order valence-corrected chi connectivity index (χ1v) is 16.8. The van der Waals surface area contributed by atoms with E-state index in [1.807, 2.05) is 60.7 Å². The second kappa shape index (κ2) is 14.1. The molecule has 1 saturated heterocycles. The molecule has 3 atom stereocenters. The maximum Gasteiger partial charge on any atom is 0.337 e. The van der Waals surface area contributed by atoms with Crippen molar-refractivity contribution in [3.8, 4) is 0 Å². The number of carbonyl (C=O) groups excluding carboxylic acids is 2. The van der Waals surface area contributed by atoms with Crippen molar-refractivity contribution in [3.05, 3.63) is 118 Å². The highest BCUT2D eigenvalue weighted by molar-refractivity contribution is 6.13. The highest BCUT2D eigenvalue weighted by atomic mass is 16.5. The minimum atomic E-state index is -1.26. The predicted octanol–water partition coefficient (Wildman–Crippen LogP) is 7.16. The molecule has 0 radical (unpaired) electrons. The van der Waals surface area contributed by atoms with Crippen molar-refractivity contribution in [2.75, 3.05) is 30.3 Å². The number of para-hydroxylation sites is 2. The number of hydrogen-bond donors (Lipinski definition) is 2. The molecule has 3 aliphatic heterocycles. The SMILES string of the molecule is CCOC(=O)C1=C(C(=O)Nc2c(CC)cccc2CC)C2C=CC1(C(Nc1ccccc1)c1ccc(CN3CCCCC3)cc1)O2. The van der Waals surface area contributed by atoms with Crippen LogP contribution < -0.4 is 10.6 Å². The molecule has 1 fully saturated rings. The second-order valence-electron chi connectivity index (χ2n) is 12.3. The molecule has 3 aromatic rings. The van der Waals surface area contributed by atoms with Gasteiger partial charge in [-0.3, -0.25) is 9.69 Å². The van der Waals surface area contributed by atoms with Crippen molar-refractivity contribution < 1.29 is 19.1 Å². The van der Waals surface area contributed by atoms with Gasteiger partial charge in [-0.1, -0.05) is 87.0 Å². The number of carbonyl (C=O) groups is 2. The highest BCUT2D eigenvalue weighted by Gasteiger charge is 2.58. The smallest absolute Gasteiger partial charge is 0.337 e. The third-order valence-electron chi connectivity index (χ3n) is 9.43. The average molecular weight is 620 g/mol. The summed E-state index contributed by atoms with van der Waals surface area (Å²) in [7, 11) is 0. The lowest BCUT2D eigenvalue weighted by Gasteiger charge is -2.36. The van der Waals surface area contributed by atoms with Gasteiger partial charge in [-0.2, -0.15) is 0 Å². The van der Waals surface area contributed by atoms with E-state index < -0.39 is 23.7 Å². The van der Waals surface area contributed by atoms with Gasteiger partial charge in [0.05, 0.1) is 23.8 Å². The highest BCUT2D eigenvalue weighted by Crippen LogP contribution is 2.51. The van der Waals surface area contributed by atoms with E-state index in [9.17, 15) is 9.59 Å². The fraction of sp³-hybridized carbons (Fsp3) is 0.385. The Kier molecular flexibility index (Phi) is 9.71. The van der Waals surface area contributed by atoms with Crippen LogP contribution >= 0.6 is 0 Å². The number of amides is 1. The standard InChI is InChI=1S/C39H45N3O4/c1-4-28-14-13-15-29(5-2)35(28)41-37(43)33-32-22-23-39(46-32,34(33)38(44)45-6-3)36(40-31-16-9-7-10-17-31)30-20-18-27(19-21-30)26-42-24-11-8-12-25-42/h7,9-10,13-23,32,36,40H,4-6,8,11-12,24-26H2,1-3H3,(H,41,43). The number of ether oxygens (including phenoxy) is 2. The van der Waals surface area contributed by atoms with Gasteiger partial charge >= 0.3 is 5.97 Å². The molecular weight excluding hydrogens is 574 g/mol. The third kappa shape index (κ3) is 6.26. The number of rotatable bonds is 12. The summed E-state index contributed by atoms with van der Waals surface area (Å²) in [6, 6.07) is 24.0. The van der Waals surface area contributed by atoms with Crippen LogP contribution in [0.15, 0.2) is 96.1 Å². The van der Waals surface area contributed by atoms with Crippen LogP contribution in [0.25, 0.3) is 0 Å². The van der Waals surface area contributed by atoms with Gasteiger partial charge < -0.3 is 20.1 Å². The number of fused-ring (bicyclic) bond motifs is 2. The van der Waals surface area contributed by atoms with Crippen LogP contribution in [0.2, 0.25) is 0 Å². The van der Waals surface area contributed by atoms with E-state index in [-0.39, 0.29) is 18.1 Å². The molecule has 1 amide bonds. The Morgan fingerprint density at radius 2 is 1.61 bits per heavy atom. The number of esters is 1. The number of likely N-dealkylation sites (tertiary alicyclic amines) is 1. The molecule has 7 heteroatoms. The number of piperidine rings is 1. The first-order valence-electron chi connectivity index (χ1n) is 16.8. The summed E-state index contributed by atoms with van der Waals surface area (Å²) in [4.78, 5) is 30.7. The van der Waals surface area contributed by atoms with Crippen LogP contribution in [0.1, 0.15) is 68.3 Å². The van der Waals surface area contributed by atoms with Gasteiger partial charge in [0, 0.05) is 17.9 Å². The Balaban J connectivity index is 1.41. The molecule has 46 heavy (non-hydrogen) atoms. The Hall–Kier alpha value is -4.20. The zero-order valence-corrected chi connectivity index (χ0v) is 27.2. The quantitative estimate of drug-likeness (QED) is 0.166. The van der Waals surface area contributed by atoms with Crippen molar-refractivity contribution >= 4 is 23.3 Å². The number of hydrogen-bond acceptors (Lipinski definition) is 6. The van der Waals surface area contributed by atoms with E-state index in [4.69, 9.17) is 9.47 Å². The molecular formula is C39H45N3O4. The molecule has 3 heterocycles. The van der Waals surface area contributed by atoms with Gasteiger partial charge in [0.2, 0.25) is 0 Å². The van der Waals surface area contributed by atoms with Crippen molar-refractivity contribution in [3.63, 3.8) is 0 Å². The minimum Gasteiger partial charge on any atom is -0.463 e. The first-order chi connectivity index (χ1) is 22.5. The van der Waals surface area contributed by atoms with Crippen LogP contribution in [-0.2, 0) is 38.4 Å². The summed E-state index contributed by atoms with van der Waals surface area (Å²) in [5.41, 5.74) is 5.27. The summed E-state index contributed by atoms with van der Waals surface area (Å²) in [6.07, 6.45) is 8.49. The topological polar surface area (TPSA) is 79.9 Å². The molecule has 2 bridgehead atoms. The monoisotopic (exact) mass is 619 g/mol. The van der Waals surface area contributed by atoms with Crippen LogP contribution in [0, 0.1) is 0 Å². The lowest BCUT2D eigenvalue weighted by Crippen LogP contribution is -2.42. The number of benzene rings is 3. The van der Waals surface area contributed by atoms with Crippen LogP contribution in [0.3, 0.4) is 0 Å². The van der Waals surface area contributed by atoms with Crippen molar-refractivity contribution in [1.29, 1.82) is 0 Å². The molecule has 3 aliphatic rings. The molecule has 7 nitrogen and oxygen atoms in total. The molecule has 3 aromatic carbocycles. The maximum atomic E-state index is 14.2. The molecule has 240 valence electrons. The molecule has 0 aliphatic carbocycles. The zero-order valence-electron chi connectivity index (χ0n) is 27.2. The lowest BCUT2D eigenvalue weighted by molar-refractivity contribution is -0.140. The molecule has 0 aromatic heterocycles. The Bertz CT molecular complexity index is 1590. The molecule has 2 N–H and O–H groups in total. The van der Waals surface area contributed by atoms with Gasteiger partial charge in [0.15, 0.2) is 0 Å². The van der Waals surface area contributed by atoms with Crippen LogP contribution in [0.5, 0.6) is 0 Å². The fourth-order valence-electron chi connectivity index (χ4n) is 7.11. The van der Waals surface area contributed by atoms with Gasteiger partial charge in [0.1, 0.15) is 11.7 Å². The predicted molar refractivity (Wildman–Crippen MR) is 183 cm³/mol. The Morgan fingerprint density at radius 1 is 0.913 bits per heavy atom. The van der Waals surface area contributed by atoms with Crippen LogP contribution in [-0.4, -0.2) is 48.2 Å². The van der Waals surface area contributed by atoms with Gasteiger partial charge in [-0.05, 0) is 86.2 Å². The summed E-state index contributed by atoms with van der Waals surface area (Å²) in [5.74, 6) is -0.884. The van der Waals surface area contributed by atoms with E-state index >= 15 is 0 Å². The van der Waals surface area contributed by atoms with Crippen molar-refractivity contribution in [1.82, 2.24) is 4.90 Å². The largest absolute Gasteiger partial charge is 0.463 e.